The maximum Gasteiger partial charge on any atom is 0.327 e. The molecule has 1 aromatic heterocycles. The van der Waals surface area contributed by atoms with Crippen molar-refractivity contribution in [3.05, 3.63) is 18.7 Å². The van der Waals surface area contributed by atoms with Gasteiger partial charge in [-0.15, -0.1) is 0 Å². The molecule has 1 amide bonds. The van der Waals surface area contributed by atoms with Crippen LogP contribution in [0.1, 0.15) is 12.8 Å². The van der Waals surface area contributed by atoms with Crippen LogP contribution in [0.25, 0.3) is 0 Å². The maximum atomic E-state index is 11.5. The average Bonchev–Trinajstić information content (AvgIpc) is 2.76. The average molecular weight is 241 g/mol. The summed E-state index contributed by atoms with van der Waals surface area (Å²) in [7, 11) is 0. The highest BCUT2D eigenvalue weighted by molar-refractivity contribution is 5.84. The Kier molecular flexibility index (Phi) is 4.21. The fraction of sp³-hybridized carbons (Fsp3) is 0.333. The van der Waals surface area contributed by atoms with Gasteiger partial charge >= 0.3 is 18.0 Å². The molecule has 0 aliphatic heterocycles. The van der Waals surface area contributed by atoms with Gasteiger partial charge in [-0.25, -0.2) is 14.6 Å². The third kappa shape index (κ3) is 3.93. The Balaban J connectivity index is 2.58. The smallest absolute Gasteiger partial charge is 0.327 e. The molecule has 1 rings (SSSR count). The van der Waals surface area contributed by atoms with Gasteiger partial charge in [0.25, 0.3) is 0 Å². The van der Waals surface area contributed by atoms with E-state index >= 15 is 0 Å². The van der Waals surface area contributed by atoms with Crippen molar-refractivity contribution in [3.8, 4) is 0 Å². The lowest BCUT2D eigenvalue weighted by atomic mass is 10.1. The van der Waals surface area contributed by atoms with E-state index in [1.807, 2.05) is 0 Å². The van der Waals surface area contributed by atoms with E-state index in [0.29, 0.717) is 0 Å². The zero-order valence-corrected chi connectivity index (χ0v) is 8.74. The number of carbonyl (C=O) groups excluding carboxylic acids is 1. The van der Waals surface area contributed by atoms with Crippen LogP contribution in [0.4, 0.5) is 4.79 Å². The van der Waals surface area contributed by atoms with E-state index in [-0.39, 0.29) is 12.8 Å². The van der Waals surface area contributed by atoms with Gasteiger partial charge in [0.05, 0.1) is 0 Å². The first-order chi connectivity index (χ1) is 8.00. The number of amides is 1. The van der Waals surface area contributed by atoms with Crippen LogP contribution in [0.3, 0.4) is 0 Å². The van der Waals surface area contributed by atoms with Gasteiger partial charge in [0.1, 0.15) is 12.4 Å². The third-order valence-electron chi connectivity index (χ3n) is 1.98. The van der Waals surface area contributed by atoms with Crippen molar-refractivity contribution in [1.82, 2.24) is 14.9 Å². The highest BCUT2D eigenvalue weighted by atomic mass is 16.4. The summed E-state index contributed by atoms with van der Waals surface area (Å²) < 4.78 is 1.07. The number of rotatable bonds is 5. The standard InChI is InChI=1S/C9H11N3O5/c13-7(14)2-1-6(8(15)16)11-9(17)12-4-3-10-5-12/h3-6H,1-2H2,(H,11,17)(H,13,14)(H,15,16)/t6-/m0/s1. The summed E-state index contributed by atoms with van der Waals surface area (Å²) in [5.41, 5.74) is 0. The number of hydrogen-bond acceptors (Lipinski definition) is 4. The Labute approximate surface area is 95.9 Å². The van der Waals surface area contributed by atoms with Gasteiger partial charge in [0, 0.05) is 18.8 Å². The molecule has 1 heterocycles. The summed E-state index contributed by atoms with van der Waals surface area (Å²) in [6, 6.07) is -1.90. The van der Waals surface area contributed by atoms with E-state index in [2.05, 4.69) is 10.3 Å². The minimum Gasteiger partial charge on any atom is -0.481 e. The first-order valence-electron chi connectivity index (χ1n) is 4.74. The Morgan fingerprint density at radius 2 is 2.06 bits per heavy atom. The summed E-state index contributed by atoms with van der Waals surface area (Å²) in [4.78, 5) is 36.2. The lowest BCUT2D eigenvalue weighted by molar-refractivity contribution is -0.140. The molecule has 1 aromatic rings. The molecule has 17 heavy (non-hydrogen) atoms. The Hall–Kier alpha value is -2.38. The third-order valence-corrected chi connectivity index (χ3v) is 1.98. The van der Waals surface area contributed by atoms with Gasteiger partial charge in [0.2, 0.25) is 0 Å². The van der Waals surface area contributed by atoms with E-state index in [0.717, 1.165) is 4.57 Å². The molecule has 92 valence electrons. The van der Waals surface area contributed by atoms with Crippen molar-refractivity contribution in [2.75, 3.05) is 0 Å². The van der Waals surface area contributed by atoms with Gasteiger partial charge in [-0.1, -0.05) is 0 Å². The molecule has 0 saturated carbocycles. The highest BCUT2D eigenvalue weighted by Gasteiger charge is 2.21. The van der Waals surface area contributed by atoms with E-state index in [1.165, 1.54) is 18.7 Å². The largest absolute Gasteiger partial charge is 0.481 e. The minimum absolute atomic E-state index is 0.175. The number of aliphatic carboxylic acids is 2. The van der Waals surface area contributed by atoms with E-state index < -0.39 is 24.0 Å². The topological polar surface area (TPSA) is 122 Å². The van der Waals surface area contributed by atoms with Crippen LogP contribution in [0.15, 0.2) is 18.7 Å². The van der Waals surface area contributed by atoms with Crippen LogP contribution in [-0.2, 0) is 9.59 Å². The summed E-state index contributed by atoms with van der Waals surface area (Å²) in [5, 5.41) is 19.4. The van der Waals surface area contributed by atoms with Crippen molar-refractivity contribution in [3.63, 3.8) is 0 Å². The SMILES string of the molecule is O=C(O)CC[C@H](NC(=O)n1ccnc1)C(=O)O. The molecule has 1 atom stereocenters. The van der Waals surface area contributed by atoms with Crippen molar-refractivity contribution in [1.29, 1.82) is 0 Å². The molecule has 0 saturated heterocycles. The summed E-state index contributed by atoms with van der Waals surface area (Å²) >= 11 is 0. The highest BCUT2D eigenvalue weighted by Crippen LogP contribution is 1.99. The normalized spacial score (nSPS) is 11.8. The van der Waals surface area contributed by atoms with Crippen molar-refractivity contribution in [2.24, 2.45) is 0 Å². The van der Waals surface area contributed by atoms with Crippen molar-refractivity contribution < 1.29 is 24.6 Å². The fourth-order valence-corrected chi connectivity index (χ4v) is 1.13. The van der Waals surface area contributed by atoms with Crippen molar-refractivity contribution in [2.45, 2.75) is 18.9 Å². The molecule has 0 unspecified atom stereocenters. The summed E-state index contributed by atoms with van der Waals surface area (Å²) in [5.74, 6) is -2.40. The summed E-state index contributed by atoms with van der Waals surface area (Å²) in [6.45, 7) is 0. The molecular weight excluding hydrogens is 230 g/mol. The Morgan fingerprint density at radius 1 is 1.35 bits per heavy atom. The zero-order valence-electron chi connectivity index (χ0n) is 8.74. The van der Waals surface area contributed by atoms with Gasteiger partial charge in [-0.05, 0) is 6.42 Å². The van der Waals surface area contributed by atoms with Crippen LogP contribution >= 0.6 is 0 Å². The van der Waals surface area contributed by atoms with Crippen LogP contribution in [-0.4, -0.2) is 43.8 Å². The Bertz CT molecular complexity index is 414. The molecule has 0 aliphatic carbocycles. The molecule has 0 spiro atoms. The molecular formula is C9H11N3O5. The molecule has 8 nitrogen and oxygen atoms in total. The van der Waals surface area contributed by atoms with E-state index in [4.69, 9.17) is 10.2 Å². The zero-order chi connectivity index (χ0) is 12.8. The van der Waals surface area contributed by atoms with Crippen LogP contribution in [0.2, 0.25) is 0 Å². The van der Waals surface area contributed by atoms with Gasteiger partial charge in [-0.2, -0.15) is 0 Å². The van der Waals surface area contributed by atoms with Crippen LogP contribution in [0, 0.1) is 0 Å². The molecule has 0 radical (unpaired) electrons. The lowest BCUT2D eigenvalue weighted by Gasteiger charge is -2.13. The molecule has 0 fully saturated rings. The van der Waals surface area contributed by atoms with Gasteiger partial charge in [0.15, 0.2) is 0 Å². The van der Waals surface area contributed by atoms with Crippen LogP contribution < -0.4 is 5.32 Å². The van der Waals surface area contributed by atoms with Gasteiger partial charge < -0.3 is 15.5 Å². The maximum absolute atomic E-state index is 11.5. The van der Waals surface area contributed by atoms with Crippen LogP contribution in [0.5, 0.6) is 0 Å². The van der Waals surface area contributed by atoms with E-state index in [9.17, 15) is 14.4 Å². The molecule has 0 bridgehead atoms. The first-order valence-corrected chi connectivity index (χ1v) is 4.74. The number of nitrogens with one attached hydrogen (secondary N) is 1. The molecule has 3 N–H and O–H groups in total. The molecule has 8 heteroatoms. The predicted octanol–water partition coefficient (Wildman–Crippen LogP) is -0.241. The number of aromatic nitrogens is 2. The lowest BCUT2D eigenvalue weighted by Crippen LogP contribution is -2.42. The molecule has 0 aliphatic rings. The predicted molar refractivity (Wildman–Crippen MR) is 54.5 cm³/mol. The fourth-order valence-electron chi connectivity index (χ4n) is 1.13. The second kappa shape index (κ2) is 5.64. The number of nitrogens with zero attached hydrogens (tertiary/aromatic N) is 2. The Morgan fingerprint density at radius 3 is 2.53 bits per heavy atom. The van der Waals surface area contributed by atoms with Crippen molar-refractivity contribution >= 4 is 18.0 Å². The number of carbonyl (C=O) groups is 3. The van der Waals surface area contributed by atoms with E-state index in [1.54, 1.807) is 0 Å². The van der Waals surface area contributed by atoms with Gasteiger partial charge in [-0.3, -0.25) is 9.36 Å². The summed E-state index contributed by atoms with van der Waals surface area (Å²) in [6.07, 6.45) is 3.43. The number of hydrogen-bond donors (Lipinski definition) is 3. The second-order valence-electron chi connectivity index (χ2n) is 3.24. The first kappa shape index (κ1) is 12.7. The quantitative estimate of drug-likeness (QED) is 0.654. The number of carboxylic acid groups (broad SMARTS) is 2. The molecule has 0 aromatic carbocycles. The number of imidazole rings is 1. The number of carboxylic acids is 2. The minimum atomic E-state index is -1.28. The second-order valence-corrected chi connectivity index (χ2v) is 3.24. The monoisotopic (exact) mass is 241 g/mol.